The predicted octanol–water partition coefficient (Wildman–Crippen LogP) is 2.38. The molecule has 1 aliphatic heterocycles. The summed E-state index contributed by atoms with van der Waals surface area (Å²) in [7, 11) is -2.89. The number of aromatic nitrogens is 1. The minimum absolute atomic E-state index is 0. The van der Waals surface area contributed by atoms with Crippen molar-refractivity contribution in [1.82, 2.24) is 15.6 Å². The van der Waals surface area contributed by atoms with Crippen molar-refractivity contribution >= 4 is 50.7 Å². The highest BCUT2D eigenvalue weighted by atomic mass is 127. The third kappa shape index (κ3) is 5.12. The molecule has 3 N–H and O–H groups in total. The normalized spacial score (nSPS) is 19.3. The van der Waals surface area contributed by atoms with E-state index in [9.17, 15) is 8.42 Å². The van der Waals surface area contributed by atoms with Crippen LogP contribution in [0.25, 0.3) is 10.9 Å². The van der Waals surface area contributed by atoms with Gasteiger partial charge in [0, 0.05) is 36.2 Å². The first-order chi connectivity index (χ1) is 12.0. The second-order valence-corrected chi connectivity index (χ2v) is 8.80. The lowest BCUT2D eigenvalue weighted by Crippen LogP contribution is -2.44. The van der Waals surface area contributed by atoms with Crippen LogP contribution in [0.4, 0.5) is 0 Å². The van der Waals surface area contributed by atoms with Crippen LogP contribution in [0.15, 0.2) is 29.4 Å². The molecule has 3 rings (SSSR count). The van der Waals surface area contributed by atoms with Crippen LogP contribution in [-0.2, 0) is 16.3 Å². The van der Waals surface area contributed by atoms with Crippen molar-refractivity contribution in [3.05, 3.63) is 35.5 Å². The Morgan fingerprint density at radius 1 is 1.38 bits per heavy atom. The molecule has 1 aromatic carbocycles. The number of rotatable bonds is 5. The number of sulfone groups is 1. The van der Waals surface area contributed by atoms with E-state index < -0.39 is 9.84 Å². The highest BCUT2D eigenvalue weighted by Crippen LogP contribution is 2.22. The van der Waals surface area contributed by atoms with E-state index in [0.29, 0.717) is 18.9 Å². The molecule has 0 amide bonds. The number of nitrogens with one attached hydrogen (secondary N) is 3. The molecule has 2 aromatic rings. The van der Waals surface area contributed by atoms with Crippen LogP contribution in [-0.4, -0.2) is 50.0 Å². The summed E-state index contributed by atoms with van der Waals surface area (Å²) in [5.74, 6) is 1.15. The maximum absolute atomic E-state index is 11.6. The Morgan fingerprint density at radius 3 is 2.88 bits per heavy atom. The van der Waals surface area contributed by atoms with Crippen molar-refractivity contribution in [2.45, 2.75) is 32.7 Å². The molecular formula is C18H27IN4O2S. The van der Waals surface area contributed by atoms with E-state index in [0.717, 1.165) is 18.5 Å². The second kappa shape index (κ2) is 9.07. The van der Waals surface area contributed by atoms with E-state index in [2.05, 4.69) is 51.9 Å². The summed E-state index contributed by atoms with van der Waals surface area (Å²) in [5.41, 5.74) is 3.68. The topological polar surface area (TPSA) is 86.3 Å². The van der Waals surface area contributed by atoms with Gasteiger partial charge in [0.15, 0.2) is 15.8 Å². The molecule has 2 heterocycles. The van der Waals surface area contributed by atoms with Crippen LogP contribution in [0.3, 0.4) is 0 Å². The molecule has 8 heteroatoms. The van der Waals surface area contributed by atoms with Gasteiger partial charge in [0.2, 0.25) is 0 Å². The fraction of sp³-hybridized carbons (Fsp3) is 0.500. The number of H-pyrrole nitrogens is 1. The van der Waals surface area contributed by atoms with Crippen LogP contribution in [0.2, 0.25) is 0 Å². The lowest BCUT2D eigenvalue weighted by atomic mass is 10.1. The third-order valence-electron chi connectivity index (χ3n) is 4.56. The van der Waals surface area contributed by atoms with Gasteiger partial charge >= 0.3 is 0 Å². The molecule has 0 spiro atoms. The summed E-state index contributed by atoms with van der Waals surface area (Å²) in [6.07, 6.45) is 3.54. The Kier molecular flexibility index (Phi) is 7.33. The zero-order valence-corrected chi connectivity index (χ0v) is 18.4. The molecule has 1 aromatic heterocycles. The van der Waals surface area contributed by atoms with Gasteiger partial charge in [-0.3, -0.25) is 4.99 Å². The highest BCUT2D eigenvalue weighted by molar-refractivity contribution is 14.0. The van der Waals surface area contributed by atoms with Crippen LogP contribution in [0, 0.1) is 6.92 Å². The average Bonchev–Trinajstić information content (AvgIpc) is 3.12. The van der Waals surface area contributed by atoms with Gasteiger partial charge in [0.25, 0.3) is 0 Å². The lowest BCUT2D eigenvalue weighted by Gasteiger charge is -2.15. The Bertz CT molecular complexity index is 876. The zero-order chi connectivity index (χ0) is 17.9. The predicted molar refractivity (Wildman–Crippen MR) is 118 cm³/mol. The lowest BCUT2D eigenvalue weighted by molar-refractivity contribution is 0.599. The maximum Gasteiger partial charge on any atom is 0.191 e. The van der Waals surface area contributed by atoms with Crippen LogP contribution < -0.4 is 10.6 Å². The van der Waals surface area contributed by atoms with E-state index in [1.807, 2.05) is 6.92 Å². The highest BCUT2D eigenvalue weighted by Gasteiger charge is 2.28. The first kappa shape index (κ1) is 21.0. The molecular weight excluding hydrogens is 463 g/mol. The molecule has 1 saturated heterocycles. The van der Waals surface area contributed by atoms with E-state index >= 15 is 0 Å². The Labute approximate surface area is 172 Å². The Balaban J connectivity index is 0.00000243. The van der Waals surface area contributed by atoms with Gasteiger partial charge < -0.3 is 15.6 Å². The molecule has 0 aliphatic carbocycles. The largest absolute Gasteiger partial charge is 0.361 e. The molecule has 1 atom stereocenters. The minimum Gasteiger partial charge on any atom is -0.361 e. The van der Waals surface area contributed by atoms with Crippen molar-refractivity contribution in [2.75, 3.05) is 24.6 Å². The fourth-order valence-electron chi connectivity index (χ4n) is 3.36. The van der Waals surface area contributed by atoms with E-state index in [1.54, 1.807) is 0 Å². The minimum atomic E-state index is -2.89. The van der Waals surface area contributed by atoms with Gasteiger partial charge in [-0.2, -0.15) is 0 Å². The SMILES string of the molecule is CCNC(=NCCc1c[nH]c2cccc(C)c12)NC1CCS(=O)(=O)C1.I. The van der Waals surface area contributed by atoms with Crippen molar-refractivity contribution in [2.24, 2.45) is 4.99 Å². The molecule has 26 heavy (non-hydrogen) atoms. The standard InChI is InChI=1S/C18H26N4O2S.HI/c1-3-19-18(22-15-8-10-25(23,24)12-15)20-9-7-14-11-21-16-6-4-5-13(2)17(14)16;/h4-6,11,15,21H,3,7-10,12H2,1-2H3,(H2,19,20,22);1H. The van der Waals surface area contributed by atoms with Gasteiger partial charge in [-0.25, -0.2) is 8.42 Å². The molecule has 0 saturated carbocycles. The summed E-state index contributed by atoms with van der Waals surface area (Å²) in [5, 5.41) is 7.73. The summed E-state index contributed by atoms with van der Waals surface area (Å²) in [6.45, 7) is 5.52. The molecule has 1 fully saturated rings. The summed E-state index contributed by atoms with van der Waals surface area (Å²) in [4.78, 5) is 7.94. The smallest absolute Gasteiger partial charge is 0.191 e. The Hall–Kier alpha value is -1.29. The number of benzene rings is 1. The third-order valence-corrected chi connectivity index (χ3v) is 6.33. The number of hydrogen-bond acceptors (Lipinski definition) is 3. The summed E-state index contributed by atoms with van der Waals surface area (Å²) < 4.78 is 23.2. The van der Waals surface area contributed by atoms with Crippen molar-refractivity contribution in [3.8, 4) is 0 Å². The van der Waals surface area contributed by atoms with E-state index in [1.165, 1.54) is 16.5 Å². The van der Waals surface area contributed by atoms with Crippen molar-refractivity contribution in [1.29, 1.82) is 0 Å². The first-order valence-corrected chi connectivity index (χ1v) is 10.6. The molecule has 144 valence electrons. The zero-order valence-electron chi connectivity index (χ0n) is 15.2. The average molecular weight is 490 g/mol. The second-order valence-electron chi connectivity index (χ2n) is 6.57. The molecule has 0 bridgehead atoms. The maximum atomic E-state index is 11.6. The number of guanidine groups is 1. The summed E-state index contributed by atoms with van der Waals surface area (Å²) >= 11 is 0. The number of aryl methyl sites for hydroxylation is 1. The fourth-order valence-corrected chi connectivity index (χ4v) is 5.03. The number of fused-ring (bicyclic) bond motifs is 1. The molecule has 0 radical (unpaired) electrons. The van der Waals surface area contributed by atoms with Crippen molar-refractivity contribution < 1.29 is 8.42 Å². The molecule has 1 unspecified atom stereocenters. The number of aliphatic imine (C=N–C) groups is 1. The van der Waals surface area contributed by atoms with Gasteiger partial charge in [0.1, 0.15) is 0 Å². The monoisotopic (exact) mass is 490 g/mol. The Morgan fingerprint density at radius 2 is 2.19 bits per heavy atom. The molecule has 6 nitrogen and oxygen atoms in total. The first-order valence-electron chi connectivity index (χ1n) is 8.79. The van der Waals surface area contributed by atoms with Crippen LogP contribution >= 0.6 is 24.0 Å². The van der Waals surface area contributed by atoms with E-state index in [-0.39, 0.29) is 41.5 Å². The van der Waals surface area contributed by atoms with E-state index in [4.69, 9.17) is 0 Å². The van der Waals surface area contributed by atoms with Gasteiger partial charge in [0.05, 0.1) is 11.5 Å². The number of aromatic amines is 1. The molecule has 1 aliphatic rings. The van der Waals surface area contributed by atoms with Gasteiger partial charge in [-0.05, 0) is 43.9 Å². The van der Waals surface area contributed by atoms with Gasteiger partial charge in [-0.15, -0.1) is 24.0 Å². The van der Waals surface area contributed by atoms with Crippen LogP contribution in [0.1, 0.15) is 24.5 Å². The summed E-state index contributed by atoms with van der Waals surface area (Å²) in [6, 6.07) is 6.22. The number of hydrogen-bond donors (Lipinski definition) is 3. The number of nitrogens with zero attached hydrogens (tertiary/aromatic N) is 1. The quantitative estimate of drug-likeness (QED) is 0.341. The van der Waals surface area contributed by atoms with Gasteiger partial charge in [-0.1, -0.05) is 12.1 Å². The van der Waals surface area contributed by atoms with Crippen molar-refractivity contribution in [3.63, 3.8) is 0 Å². The number of halogens is 1. The van der Waals surface area contributed by atoms with Crippen LogP contribution in [0.5, 0.6) is 0 Å².